The molecule has 1 aliphatic heterocycles. The summed E-state index contributed by atoms with van der Waals surface area (Å²) in [4.78, 5) is 4.88. The van der Waals surface area contributed by atoms with Gasteiger partial charge in [-0.25, -0.2) is 0 Å². The van der Waals surface area contributed by atoms with Crippen LogP contribution in [0.3, 0.4) is 0 Å². The largest absolute Gasteiger partial charge is 0.362 e. The highest BCUT2D eigenvalue weighted by Gasteiger charge is 2.35. The molecule has 2 atom stereocenters. The zero-order valence-electron chi connectivity index (χ0n) is 39.1. The fourth-order valence-corrected chi connectivity index (χ4v) is 11.0. The number of allylic oxidation sites excluding steroid dienone is 12. The molecule has 8 aromatic carbocycles. The summed E-state index contributed by atoms with van der Waals surface area (Å²) in [5, 5.41) is 6.36. The molecule has 0 saturated carbocycles. The van der Waals surface area contributed by atoms with Crippen LogP contribution >= 0.6 is 8.58 Å². The van der Waals surface area contributed by atoms with E-state index in [1.807, 2.05) is 12.3 Å². The molecule has 11 rings (SSSR count). The monoisotopic (exact) mass is 919 g/mol. The second-order valence-corrected chi connectivity index (χ2v) is 19.2. The minimum atomic E-state index is 0.262. The Morgan fingerprint density at radius 2 is 1.29 bits per heavy atom. The maximum absolute atomic E-state index is 3.68. The van der Waals surface area contributed by atoms with Gasteiger partial charge in [0.2, 0.25) is 0 Å². The summed E-state index contributed by atoms with van der Waals surface area (Å²) in [5.74, 6) is 0.262. The van der Waals surface area contributed by atoms with E-state index in [-0.39, 0.29) is 5.92 Å². The van der Waals surface area contributed by atoms with E-state index >= 15 is 0 Å². The van der Waals surface area contributed by atoms with E-state index in [2.05, 4.69) is 276 Å². The second-order valence-electron chi connectivity index (χ2n) is 17.8. The Bertz CT molecular complexity index is 3330. The Morgan fingerprint density at radius 1 is 0.557 bits per heavy atom. The van der Waals surface area contributed by atoms with Gasteiger partial charge in [0.25, 0.3) is 0 Å². The van der Waals surface area contributed by atoms with Crippen LogP contribution in [0.15, 0.2) is 273 Å². The Kier molecular flexibility index (Phi) is 13.3. The van der Waals surface area contributed by atoms with Gasteiger partial charge in [0, 0.05) is 51.9 Å². The highest BCUT2D eigenvalue weighted by Crippen LogP contribution is 2.52. The molecule has 0 radical (unpaired) electrons. The molecule has 0 bridgehead atoms. The Hall–Kier alpha value is -8.23. The molecule has 338 valence electrons. The van der Waals surface area contributed by atoms with Crippen molar-refractivity contribution in [1.82, 2.24) is 0 Å². The molecule has 2 aliphatic carbocycles. The van der Waals surface area contributed by atoms with Gasteiger partial charge in [-0.05, 0) is 153 Å². The van der Waals surface area contributed by atoms with Gasteiger partial charge in [0.15, 0.2) is 0 Å². The Morgan fingerprint density at radius 3 is 2.07 bits per heavy atom. The van der Waals surface area contributed by atoms with Crippen molar-refractivity contribution in [2.45, 2.75) is 25.2 Å². The van der Waals surface area contributed by atoms with Crippen molar-refractivity contribution in [3.05, 3.63) is 290 Å². The summed E-state index contributed by atoms with van der Waals surface area (Å²) < 4.78 is 0. The molecule has 2 unspecified atom stereocenters. The van der Waals surface area contributed by atoms with Crippen molar-refractivity contribution in [3.63, 3.8) is 0 Å². The Labute approximate surface area is 415 Å². The molecule has 4 heteroatoms. The normalized spacial score (nSPS) is 15.2. The van der Waals surface area contributed by atoms with E-state index in [1.54, 1.807) is 0 Å². The van der Waals surface area contributed by atoms with Crippen LogP contribution in [0, 0.1) is 0 Å². The Balaban J connectivity index is 0.997. The molecule has 0 saturated heterocycles. The summed E-state index contributed by atoms with van der Waals surface area (Å²) in [5.41, 5.74) is 17.9. The molecule has 3 nitrogen and oxygen atoms in total. The predicted molar refractivity (Wildman–Crippen MR) is 303 cm³/mol. The van der Waals surface area contributed by atoms with Crippen molar-refractivity contribution in [2.75, 3.05) is 15.1 Å². The lowest BCUT2D eigenvalue weighted by Gasteiger charge is -2.28. The van der Waals surface area contributed by atoms with Gasteiger partial charge in [0.1, 0.15) is 0 Å². The van der Waals surface area contributed by atoms with Crippen molar-refractivity contribution in [2.24, 2.45) is 0 Å². The fourth-order valence-electron chi connectivity index (χ4n) is 9.80. The lowest BCUT2D eigenvalue weighted by atomic mass is 9.90. The van der Waals surface area contributed by atoms with Crippen molar-refractivity contribution in [3.8, 4) is 22.3 Å². The quantitative estimate of drug-likeness (QED) is 0.0866. The van der Waals surface area contributed by atoms with Crippen molar-refractivity contribution >= 4 is 65.0 Å². The second kappa shape index (κ2) is 21.0. The first-order valence-corrected chi connectivity index (χ1v) is 25.3. The maximum Gasteiger partial charge on any atom is 0.0497 e. The average molecular weight is 920 g/mol. The molecular formula is C66H54N3P. The first kappa shape index (κ1) is 44.3. The number of fused-ring (bicyclic) bond motifs is 3. The number of rotatable bonds is 14. The van der Waals surface area contributed by atoms with E-state index in [1.165, 1.54) is 66.6 Å². The van der Waals surface area contributed by atoms with Gasteiger partial charge in [-0.15, -0.1) is 0 Å². The number of hydrogen-bond donors (Lipinski definition) is 1. The van der Waals surface area contributed by atoms with Gasteiger partial charge in [0.05, 0.1) is 0 Å². The van der Waals surface area contributed by atoms with Crippen LogP contribution in [0.2, 0.25) is 0 Å². The highest BCUT2D eigenvalue weighted by molar-refractivity contribution is 7.55. The molecule has 8 aromatic rings. The van der Waals surface area contributed by atoms with Gasteiger partial charge in [-0.3, -0.25) is 0 Å². The number of anilines is 6. The van der Waals surface area contributed by atoms with Crippen LogP contribution in [-0.4, -0.2) is 0 Å². The molecule has 70 heavy (non-hydrogen) atoms. The number of nitrogens with zero attached hydrogens (tertiary/aromatic N) is 2. The molecule has 0 fully saturated rings. The fraction of sp³-hybridized carbons (Fsp3) is 0.0606. The third kappa shape index (κ3) is 9.85. The number of para-hydroxylation sites is 1. The molecule has 0 amide bonds. The first-order chi connectivity index (χ1) is 34.7. The van der Waals surface area contributed by atoms with Crippen molar-refractivity contribution in [1.29, 1.82) is 0 Å². The van der Waals surface area contributed by atoms with E-state index in [0.717, 1.165) is 47.6 Å². The number of hydrogen-bond acceptors (Lipinski definition) is 3. The summed E-state index contributed by atoms with van der Waals surface area (Å²) in [6, 6.07) is 72.8. The number of benzene rings is 8. The predicted octanol–water partition coefficient (Wildman–Crippen LogP) is 17.1. The zero-order chi connectivity index (χ0) is 46.9. The van der Waals surface area contributed by atoms with Crippen LogP contribution in [-0.2, 0) is 0 Å². The van der Waals surface area contributed by atoms with E-state index in [4.69, 9.17) is 0 Å². The van der Waals surface area contributed by atoms with Gasteiger partial charge in [-0.1, -0.05) is 197 Å². The molecule has 1 heterocycles. The smallest absolute Gasteiger partial charge is 0.0497 e. The first-order valence-electron chi connectivity index (χ1n) is 24.3. The van der Waals surface area contributed by atoms with Crippen LogP contribution in [0.25, 0.3) is 33.9 Å². The summed E-state index contributed by atoms with van der Waals surface area (Å²) in [6.45, 7) is 0. The van der Waals surface area contributed by atoms with Gasteiger partial charge in [-0.2, -0.15) is 0 Å². The third-order valence-electron chi connectivity index (χ3n) is 13.2. The lowest BCUT2D eigenvalue weighted by Crippen LogP contribution is -2.14. The molecule has 0 spiro atoms. The maximum atomic E-state index is 3.68. The number of nitrogens with one attached hydrogen (secondary N) is 1. The zero-order valence-corrected chi connectivity index (χ0v) is 40.1. The lowest BCUT2D eigenvalue weighted by molar-refractivity contribution is 0.820. The molecule has 1 N–H and O–H groups in total. The summed E-state index contributed by atoms with van der Waals surface area (Å²) >= 11 is 0. The third-order valence-corrected chi connectivity index (χ3v) is 14.5. The molecular weight excluding hydrogens is 866 g/mol. The van der Waals surface area contributed by atoms with Gasteiger partial charge < -0.3 is 15.1 Å². The van der Waals surface area contributed by atoms with E-state index < -0.39 is 0 Å². The van der Waals surface area contributed by atoms with Crippen LogP contribution < -0.4 is 25.7 Å². The highest BCUT2D eigenvalue weighted by atomic mass is 31.1. The SMILES string of the molecule is C1=CCC2C(=C1)N(c1ccc(-c3ccccc3)cc1)c1ccc(-c3cc(N/C=C/C=C\C=C/c4ccccc4)cc(N(c4ccccc4)c4ccc(Pc5ccccc5)c(C5=CCCC=C5)c4)c3)cc12. The van der Waals surface area contributed by atoms with E-state index in [0.29, 0.717) is 8.58 Å². The van der Waals surface area contributed by atoms with Crippen molar-refractivity contribution < 1.29 is 0 Å². The summed E-state index contributed by atoms with van der Waals surface area (Å²) in [6.07, 6.45) is 29.3. The molecule has 0 aromatic heterocycles. The minimum absolute atomic E-state index is 0.262. The summed E-state index contributed by atoms with van der Waals surface area (Å²) in [7, 11) is 0.544. The van der Waals surface area contributed by atoms with E-state index in [9.17, 15) is 0 Å². The topological polar surface area (TPSA) is 18.5 Å². The minimum Gasteiger partial charge on any atom is -0.362 e. The van der Waals surface area contributed by atoms with Crippen LogP contribution in [0.5, 0.6) is 0 Å². The standard InChI is InChI=1S/C66H54N3P/c1(8-22-49-23-9-3-10-24-49)2-21-43-67-55-44-54(53-37-41-65-63(46-53)61-33-19-20-34-64(61)69(65)57-38-35-51(36-39-57)50-25-11-4-12-26-50)45-59(47-55)68(56-29-15-6-16-30-56)58-40-42-66(70-60-31-17-7-18-32-60)62(48-58)52-27-13-5-14-28-52/h1-4,6-13,15-32,34-48,61,67,70H,5,14,33H2/b2-1-,22-8-,43-21+. The molecule has 3 aliphatic rings. The average Bonchev–Trinajstić information content (AvgIpc) is 3.76. The van der Waals surface area contributed by atoms with Crippen LogP contribution in [0.4, 0.5) is 34.1 Å². The van der Waals surface area contributed by atoms with Gasteiger partial charge >= 0.3 is 0 Å². The van der Waals surface area contributed by atoms with Crippen LogP contribution in [0.1, 0.15) is 41.9 Å².